The molecule has 0 atom stereocenters. The van der Waals surface area contributed by atoms with E-state index < -0.39 is 13.7 Å². The summed E-state index contributed by atoms with van der Waals surface area (Å²) in [6, 6.07) is 0. The fourth-order valence-corrected chi connectivity index (χ4v) is 1.08. The van der Waals surface area contributed by atoms with Crippen molar-refractivity contribution in [2.45, 2.75) is 45.4 Å². The number of hydrogen-bond donors (Lipinski definition) is 3. The topological polar surface area (TPSA) is 87.0 Å². The highest BCUT2D eigenvalue weighted by molar-refractivity contribution is 7.45. The van der Waals surface area contributed by atoms with E-state index in [1.54, 1.807) is 0 Å². The fourth-order valence-electron chi connectivity index (χ4n) is 1.08. The smallest absolute Gasteiger partial charge is 0.349 e. The van der Waals surface area contributed by atoms with Gasteiger partial charge in [0.15, 0.2) is 0 Å². The maximum atomic E-state index is 13.3. The van der Waals surface area contributed by atoms with Crippen LogP contribution in [0.4, 0.5) is 4.39 Å². The van der Waals surface area contributed by atoms with Gasteiger partial charge in [-0.05, 0) is 0 Å². The Kier molecular flexibility index (Phi) is 9.49. The van der Waals surface area contributed by atoms with Gasteiger partial charge in [0, 0.05) is 20.0 Å². The molecule has 0 radical (unpaired) electrons. The molecule has 0 heterocycles. The molecule has 0 aliphatic carbocycles. The van der Waals surface area contributed by atoms with Crippen molar-refractivity contribution in [1.82, 2.24) is 0 Å². The van der Waals surface area contributed by atoms with Crippen LogP contribution in [-0.2, 0) is 9.30 Å². The van der Waals surface area contributed by atoms with Gasteiger partial charge in [-0.15, -0.1) is 0 Å². The van der Waals surface area contributed by atoms with Crippen LogP contribution in [-0.4, -0.2) is 27.6 Å². The number of phosphoric acid groups is 1. The molecule has 0 aromatic carbocycles. The first-order valence-corrected chi connectivity index (χ1v) is 6.27. The Bertz CT molecular complexity index is 179. The highest BCUT2D eigenvalue weighted by atomic mass is 31.2. The fraction of sp³-hybridized carbons (Fsp3) is 1.00. The lowest BCUT2D eigenvalue weighted by Crippen LogP contribution is -2.24. The van der Waals surface area contributed by atoms with E-state index >= 15 is 0 Å². The maximum absolute atomic E-state index is 13.3. The predicted molar refractivity (Wildman–Crippen MR) is 54.9 cm³/mol. The second kappa shape index (κ2) is 8.19. The van der Waals surface area contributed by atoms with Crippen LogP contribution in [0.5, 0.6) is 0 Å². The van der Waals surface area contributed by atoms with Crippen LogP contribution < -0.4 is 0 Å². The third-order valence-electron chi connectivity index (χ3n) is 1.61. The lowest BCUT2D eigenvalue weighted by Gasteiger charge is -2.22. The zero-order chi connectivity index (χ0) is 12.5. The van der Waals surface area contributed by atoms with Crippen molar-refractivity contribution in [2.24, 2.45) is 0 Å². The van der Waals surface area contributed by atoms with Crippen molar-refractivity contribution >= 4 is 7.82 Å². The van der Waals surface area contributed by atoms with E-state index in [1.807, 2.05) is 13.8 Å². The number of rotatable bonds is 5. The summed E-state index contributed by atoms with van der Waals surface area (Å²) in [5, 5.41) is 0. The summed E-state index contributed by atoms with van der Waals surface area (Å²) in [4.78, 5) is 21.6. The Morgan fingerprint density at radius 2 is 1.47 bits per heavy atom. The van der Waals surface area contributed by atoms with Crippen molar-refractivity contribution in [3.63, 3.8) is 0 Å². The van der Waals surface area contributed by atoms with Gasteiger partial charge >= 0.3 is 7.82 Å². The largest absolute Gasteiger partial charge is 0.466 e. The van der Waals surface area contributed by atoms with Crippen LogP contribution in [0.2, 0.25) is 0 Å². The van der Waals surface area contributed by atoms with E-state index in [1.165, 1.54) is 7.11 Å². The highest BCUT2D eigenvalue weighted by Crippen LogP contribution is 2.26. The number of hydrogen-bond acceptors (Lipinski definition) is 2. The van der Waals surface area contributed by atoms with E-state index in [0.717, 1.165) is 12.8 Å². The van der Waals surface area contributed by atoms with E-state index in [2.05, 4.69) is 0 Å². The third-order valence-corrected chi connectivity index (χ3v) is 1.61. The molecule has 0 bridgehead atoms. The van der Waals surface area contributed by atoms with Crippen molar-refractivity contribution in [1.29, 1.82) is 0 Å². The Labute approximate surface area is 89.5 Å². The van der Waals surface area contributed by atoms with Crippen molar-refractivity contribution in [2.75, 3.05) is 7.11 Å². The summed E-state index contributed by atoms with van der Waals surface area (Å²) in [6.45, 7) is 3.92. The molecule has 0 aliphatic heterocycles. The molecule has 0 fully saturated rings. The van der Waals surface area contributed by atoms with E-state index in [0.29, 0.717) is 12.8 Å². The minimum absolute atomic E-state index is 0.511. The number of methoxy groups -OCH3 is 1. The Morgan fingerprint density at radius 3 is 1.60 bits per heavy atom. The summed E-state index contributed by atoms with van der Waals surface area (Å²) < 4.78 is 26.9. The van der Waals surface area contributed by atoms with Crippen molar-refractivity contribution in [3.8, 4) is 0 Å². The van der Waals surface area contributed by atoms with E-state index in [9.17, 15) is 4.39 Å². The standard InChI is InChI=1S/C8H17FO.H3O4P/c1-4-6-8(9,10-3)7-5-2;1-5(2,3)4/h4-7H2,1-3H3;(H3,1,2,3,4). The van der Waals surface area contributed by atoms with Gasteiger partial charge in [0.1, 0.15) is 0 Å². The van der Waals surface area contributed by atoms with Crippen LogP contribution >= 0.6 is 7.82 Å². The molecule has 15 heavy (non-hydrogen) atoms. The van der Waals surface area contributed by atoms with Gasteiger partial charge in [-0.2, -0.15) is 0 Å². The number of halogens is 1. The summed E-state index contributed by atoms with van der Waals surface area (Å²) in [5.41, 5.74) is 0. The van der Waals surface area contributed by atoms with E-state index in [4.69, 9.17) is 24.0 Å². The van der Waals surface area contributed by atoms with Gasteiger partial charge in [-0.3, -0.25) is 0 Å². The Balaban J connectivity index is 0. The molecule has 0 aliphatic rings. The molecular formula is C8H20FO5P. The molecule has 5 nitrogen and oxygen atoms in total. The van der Waals surface area contributed by atoms with Crippen molar-refractivity contribution < 1.29 is 28.4 Å². The van der Waals surface area contributed by atoms with Crippen LogP contribution in [0, 0.1) is 0 Å². The summed E-state index contributed by atoms with van der Waals surface area (Å²) in [7, 11) is -3.20. The minimum Gasteiger partial charge on any atom is -0.349 e. The SMILES string of the molecule is CCCC(F)(CCC)OC.O=P(O)(O)O. The molecule has 0 aromatic heterocycles. The van der Waals surface area contributed by atoms with E-state index in [-0.39, 0.29) is 0 Å². The van der Waals surface area contributed by atoms with Gasteiger partial charge in [0.05, 0.1) is 0 Å². The van der Waals surface area contributed by atoms with Gasteiger partial charge in [0.25, 0.3) is 0 Å². The van der Waals surface area contributed by atoms with Crippen LogP contribution in [0.1, 0.15) is 39.5 Å². The van der Waals surface area contributed by atoms with Crippen molar-refractivity contribution in [3.05, 3.63) is 0 Å². The average Bonchev–Trinajstić information content (AvgIpc) is 2.02. The molecule has 0 saturated heterocycles. The average molecular weight is 246 g/mol. The third kappa shape index (κ3) is 16.7. The van der Waals surface area contributed by atoms with Gasteiger partial charge in [-0.1, -0.05) is 26.7 Å². The summed E-state index contributed by atoms with van der Waals surface area (Å²) in [6.07, 6.45) is 2.70. The molecule has 0 aromatic rings. The normalized spacial score (nSPS) is 11.9. The molecule has 0 rings (SSSR count). The second-order valence-corrected chi connectivity index (χ2v) is 4.13. The zero-order valence-corrected chi connectivity index (χ0v) is 10.2. The molecule has 3 N–H and O–H groups in total. The Morgan fingerprint density at radius 1 is 1.20 bits per heavy atom. The quantitative estimate of drug-likeness (QED) is 0.645. The molecule has 0 saturated carbocycles. The van der Waals surface area contributed by atoms with Crippen LogP contribution in [0.3, 0.4) is 0 Å². The second-order valence-electron chi connectivity index (χ2n) is 3.10. The van der Waals surface area contributed by atoms with Crippen LogP contribution in [0.15, 0.2) is 0 Å². The lowest BCUT2D eigenvalue weighted by molar-refractivity contribution is -0.132. The molecule has 7 heteroatoms. The first-order valence-electron chi connectivity index (χ1n) is 4.71. The molecular weight excluding hydrogens is 226 g/mol. The highest BCUT2D eigenvalue weighted by Gasteiger charge is 2.25. The summed E-state index contributed by atoms with van der Waals surface area (Å²) in [5.74, 6) is -1.36. The predicted octanol–water partition coefficient (Wildman–Crippen LogP) is 1.97. The van der Waals surface area contributed by atoms with Gasteiger partial charge in [0.2, 0.25) is 5.85 Å². The lowest BCUT2D eigenvalue weighted by atomic mass is 10.1. The number of alkyl halides is 1. The first kappa shape index (κ1) is 17.4. The zero-order valence-electron chi connectivity index (χ0n) is 9.31. The monoisotopic (exact) mass is 246 g/mol. The molecule has 0 amide bonds. The molecule has 94 valence electrons. The minimum atomic E-state index is -4.64. The first-order chi connectivity index (χ1) is 6.68. The maximum Gasteiger partial charge on any atom is 0.466 e. The van der Waals surface area contributed by atoms with Crippen LogP contribution in [0.25, 0.3) is 0 Å². The Hall–Kier alpha value is -0.0000000000000000694. The number of ether oxygens (including phenoxy) is 1. The summed E-state index contributed by atoms with van der Waals surface area (Å²) >= 11 is 0. The molecule has 0 unspecified atom stereocenters. The van der Waals surface area contributed by atoms with Gasteiger partial charge < -0.3 is 19.4 Å². The molecule has 0 spiro atoms. The van der Waals surface area contributed by atoms with Gasteiger partial charge in [-0.25, -0.2) is 8.96 Å².